The van der Waals surface area contributed by atoms with Crippen molar-refractivity contribution in [3.63, 3.8) is 0 Å². The Kier molecular flexibility index (Phi) is 3.76. The summed E-state index contributed by atoms with van der Waals surface area (Å²) in [6.07, 6.45) is 2.70. The quantitative estimate of drug-likeness (QED) is 0.769. The zero-order valence-electron chi connectivity index (χ0n) is 11.6. The van der Waals surface area contributed by atoms with Crippen LogP contribution in [0, 0.1) is 23.7 Å². The molecule has 0 aromatic heterocycles. The predicted octanol–water partition coefficient (Wildman–Crippen LogP) is 1.39. The van der Waals surface area contributed by atoms with E-state index in [1.807, 2.05) is 0 Å². The highest BCUT2D eigenvalue weighted by Gasteiger charge is 2.51. The molecule has 0 spiro atoms. The number of likely N-dealkylation sites (tertiary alicyclic amines) is 1. The topological polar surface area (TPSA) is 63.4 Å². The molecule has 18 heavy (non-hydrogen) atoms. The van der Waals surface area contributed by atoms with E-state index >= 15 is 0 Å². The minimum absolute atomic E-state index is 0.0214. The summed E-state index contributed by atoms with van der Waals surface area (Å²) in [5, 5.41) is 0. The van der Waals surface area contributed by atoms with E-state index in [2.05, 4.69) is 20.8 Å². The van der Waals surface area contributed by atoms with E-state index in [4.69, 9.17) is 5.73 Å². The van der Waals surface area contributed by atoms with E-state index in [1.165, 1.54) is 4.90 Å². The Morgan fingerprint density at radius 1 is 1.28 bits per heavy atom. The van der Waals surface area contributed by atoms with E-state index in [9.17, 15) is 9.59 Å². The number of nitrogens with two attached hydrogens (primary N) is 1. The molecule has 4 nitrogen and oxygen atoms in total. The van der Waals surface area contributed by atoms with Crippen LogP contribution in [0.1, 0.15) is 40.0 Å². The average Bonchev–Trinajstić information content (AvgIpc) is 2.82. The SMILES string of the molecule is CCC(C)C(N)CN1C(=O)C2CC(C)CC2C1=O. The van der Waals surface area contributed by atoms with Crippen LogP contribution in [-0.2, 0) is 9.59 Å². The van der Waals surface area contributed by atoms with Gasteiger partial charge in [-0.3, -0.25) is 14.5 Å². The molecule has 2 N–H and O–H groups in total. The van der Waals surface area contributed by atoms with E-state index < -0.39 is 0 Å². The normalized spacial score (nSPS) is 34.9. The summed E-state index contributed by atoms with van der Waals surface area (Å²) in [5.41, 5.74) is 6.06. The number of imide groups is 1. The molecule has 1 aliphatic heterocycles. The van der Waals surface area contributed by atoms with Gasteiger partial charge in [0, 0.05) is 12.6 Å². The lowest BCUT2D eigenvalue weighted by Crippen LogP contribution is -2.44. The molecule has 2 fully saturated rings. The molecular weight excluding hydrogens is 228 g/mol. The van der Waals surface area contributed by atoms with Crippen LogP contribution < -0.4 is 5.73 Å². The standard InChI is InChI=1S/C14H24N2O2/c1-4-9(3)12(15)7-16-13(17)10-5-8(2)6-11(10)14(16)18/h8-12H,4-7,15H2,1-3H3. The average molecular weight is 252 g/mol. The number of hydrogen-bond acceptors (Lipinski definition) is 3. The Labute approximate surface area is 109 Å². The fourth-order valence-corrected chi connectivity index (χ4v) is 3.22. The van der Waals surface area contributed by atoms with Crippen molar-refractivity contribution >= 4 is 11.8 Å². The molecule has 0 radical (unpaired) electrons. The van der Waals surface area contributed by atoms with Gasteiger partial charge in [0.25, 0.3) is 0 Å². The van der Waals surface area contributed by atoms with Gasteiger partial charge in [-0.05, 0) is 24.7 Å². The summed E-state index contributed by atoms with van der Waals surface area (Å²) >= 11 is 0. The van der Waals surface area contributed by atoms with Crippen LogP contribution in [0.15, 0.2) is 0 Å². The molecular formula is C14H24N2O2. The molecule has 2 rings (SSSR count). The molecule has 102 valence electrons. The zero-order chi connectivity index (χ0) is 13.4. The monoisotopic (exact) mass is 252 g/mol. The maximum absolute atomic E-state index is 12.2. The summed E-state index contributed by atoms with van der Waals surface area (Å²) in [6, 6.07) is -0.0980. The van der Waals surface area contributed by atoms with Gasteiger partial charge in [0.05, 0.1) is 11.8 Å². The number of amides is 2. The summed E-state index contributed by atoms with van der Waals surface area (Å²) in [7, 11) is 0. The fourth-order valence-electron chi connectivity index (χ4n) is 3.22. The first-order chi connectivity index (χ1) is 8.45. The van der Waals surface area contributed by atoms with Gasteiger partial charge in [-0.1, -0.05) is 27.2 Å². The lowest BCUT2D eigenvalue weighted by atomic mass is 9.99. The van der Waals surface area contributed by atoms with E-state index in [0.717, 1.165) is 19.3 Å². The Bertz CT molecular complexity index is 332. The van der Waals surface area contributed by atoms with E-state index in [-0.39, 0.29) is 29.7 Å². The van der Waals surface area contributed by atoms with Gasteiger partial charge in [-0.15, -0.1) is 0 Å². The molecule has 0 aromatic carbocycles. The van der Waals surface area contributed by atoms with Gasteiger partial charge in [0.2, 0.25) is 11.8 Å². The number of carbonyl (C=O) groups excluding carboxylic acids is 2. The van der Waals surface area contributed by atoms with Crippen LogP contribution in [0.2, 0.25) is 0 Å². The molecule has 0 aromatic rings. The van der Waals surface area contributed by atoms with Crippen molar-refractivity contribution in [2.24, 2.45) is 29.4 Å². The van der Waals surface area contributed by atoms with Gasteiger partial charge >= 0.3 is 0 Å². The van der Waals surface area contributed by atoms with Gasteiger partial charge < -0.3 is 5.73 Å². The van der Waals surface area contributed by atoms with Crippen LogP contribution in [0.25, 0.3) is 0 Å². The molecule has 1 aliphatic carbocycles. The zero-order valence-corrected chi connectivity index (χ0v) is 11.6. The molecule has 4 heteroatoms. The first kappa shape index (κ1) is 13.5. The number of fused-ring (bicyclic) bond motifs is 1. The van der Waals surface area contributed by atoms with E-state index in [0.29, 0.717) is 18.4 Å². The first-order valence-electron chi connectivity index (χ1n) is 7.06. The smallest absolute Gasteiger partial charge is 0.233 e. The van der Waals surface area contributed by atoms with Gasteiger partial charge in [0.1, 0.15) is 0 Å². The number of nitrogens with zero attached hydrogens (tertiary/aromatic N) is 1. The third kappa shape index (κ3) is 2.18. The van der Waals surface area contributed by atoms with Crippen LogP contribution >= 0.6 is 0 Å². The Morgan fingerprint density at radius 3 is 2.22 bits per heavy atom. The van der Waals surface area contributed by atoms with Gasteiger partial charge in [-0.2, -0.15) is 0 Å². The first-order valence-corrected chi connectivity index (χ1v) is 7.06. The second-order valence-electron chi connectivity index (χ2n) is 6.13. The lowest BCUT2D eigenvalue weighted by molar-refractivity contribution is -0.141. The second kappa shape index (κ2) is 5.00. The maximum atomic E-state index is 12.2. The Morgan fingerprint density at radius 2 is 1.78 bits per heavy atom. The number of hydrogen-bond donors (Lipinski definition) is 1. The van der Waals surface area contributed by atoms with Crippen LogP contribution in [-0.4, -0.2) is 29.3 Å². The summed E-state index contributed by atoms with van der Waals surface area (Å²) < 4.78 is 0. The molecule has 2 amide bonds. The van der Waals surface area contributed by atoms with Gasteiger partial charge in [-0.25, -0.2) is 0 Å². The van der Waals surface area contributed by atoms with Crippen LogP contribution in [0.3, 0.4) is 0 Å². The van der Waals surface area contributed by atoms with Crippen molar-refractivity contribution < 1.29 is 9.59 Å². The highest BCUT2D eigenvalue weighted by molar-refractivity contribution is 6.05. The van der Waals surface area contributed by atoms with Crippen molar-refractivity contribution in [2.75, 3.05) is 6.54 Å². The predicted molar refractivity (Wildman–Crippen MR) is 69.5 cm³/mol. The molecule has 4 unspecified atom stereocenters. The second-order valence-corrected chi connectivity index (χ2v) is 6.13. The molecule has 2 aliphatic rings. The molecule has 4 atom stereocenters. The third-order valence-corrected chi connectivity index (χ3v) is 4.73. The van der Waals surface area contributed by atoms with Gasteiger partial charge in [0.15, 0.2) is 0 Å². The number of carbonyl (C=O) groups is 2. The third-order valence-electron chi connectivity index (χ3n) is 4.73. The van der Waals surface area contributed by atoms with Crippen molar-refractivity contribution in [2.45, 2.75) is 46.1 Å². The highest BCUT2D eigenvalue weighted by atomic mass is 16.2. The summed E-state index contributed by atoms with van der Waals surface area (Å²) in [6.45, 7) is 6.66. The summed E-state index contributed by atoms with van der Waals surface area (Å²) in [4.78, 5) is 25.9. The summed E-state index contributed by atoms with van der Waals surface area (Å²) in [5.74, 6) is 0.762. The van der Waals surface area contributed by atoms with Crippen molar-refractivity contribution in [3.05, 3.63) is 0 Å². The van der Waals surface area contributed by atoms with E-state index in [1.54, 1.807) is 0 Å². The Balaban J connectivity index is 2.04. The highest BCUT2D eigenvalue weighted by Crippen LogP contribution is 2.42. The van der Waals surface area contributed by atoms with Crippen molar-refractivity contribution in [1.29, 1.82) is 0 Å². The fraction of sp³-hybridized carbons (Fsp3) is 0.857. The van der Waals surface area contributed by atoms with Crippen LogP contribution in [0.5, 0.6) is 0 Å². The Hall–Kier alpha value is -0.900. The minimum atomic E-state index is -0.0980. The molecule has 0 bridgehead atoms. The maximum Gasteiger partial charge on any atom is 0.233 e. The van der Waals surface area contributed by atoms with Crippen molar-refractivity contribution in [1.82, 2.24) is 4.90 Å². The number of rotatable bonds is 4. The molecule has 1 saturated carbocycles. The largest absolute Gasteiger partial charge is 0.326 e. The van der Waals surface area contributed by atoms with Crippen LogP contribution in [0.4, 0.5) is 0 Å². The van der Waals surface area contributed by atoms with Crippen molar-refractivity contribution in [3.8, 4) is 0 Å². The lowest BCUT2D eigenvalue weighted by Gasteiger charge is -2.24. The molecule has 1 saturated heterocycles. The molecule has 1 heterocycles. The minimum Gasteiger partial charge on any atom is -0.326 e.